The van der Waals surface area contributed by atoms with Gasteiger partial charge in [0.15, 0.2) is 0 Å². The summed E-state index contributed by atoms with van der Waals surface area (Å²) < 4.78 is 5.18. The van der Waals surface area contributed by atoms with Gasteiger partial charge in [0, 0.05) is 13.1 Å². The molecule has 0 heterocycles. The Labute approximate surface area is 119 Å². The highest BCUT2D eigenvalue weighted by Crippen LogP contribution is 2.20. The molecule has 1 aromatic rings. The van der Waals surface area contributed by atoms with E-state index in [9.17, 15) is 4.79 Å². The van der Waals surface area contributed by atoms with Crippen LogP contribution in [0.4, 0.5) is 0 Å². The van der Waals surface area contributed by atoms with Crippen LogP contribution in [0.2, 0.25) is 0 Å². The van der Waals surface area contributed by atoms with Crippen molar-refractivity contribution < 1.29 is 14.6 Å². The monoisotopic (exact) mass is 276 g/mol. The van der Waals surface area contributed by atoms with Crippen LogP contribution in [-0.2, 0) is 11.3 Å². The molecule has 1 rings (SSSR count). The van der Waals surface area contributed by atoms with Gasteiger partial charge < -0.3 is 9.84 Å². The lowest BCUT2D eigenvalue weighted by molar-refractivity contribution is -0.141. The van der Waals surface area contributed by atoms with Crippen LogP contribution in [0.3, 0.4) is 0 Å². The van der Waals surface area contributed by atoms with Gasteiger partial charge in [0.25, 0.3) is 0 Å². The zero-order chi connectivity index (χ0) is 15.1. The van der Waals surface area contributed by atoms with E-state index in [0.29, 0.717) is 24.4 Å². The number of nitrogens with zero attached hydrogens (tertiary/aromatic N) is 2. The van der Waals surface area contributed by atoms with Crippen LogP contribution in [0.15, 0.2) is 18.2 Å². The van der Waals surface area contributed by atoms with E-state index in [1.807, 2.05) is 19.1 Å². The van der Waals surface area contributed by atoms with Crippen molar-refractivity contribution in [1.82, 2.24) is 4.90 Å². The number of benzene rings is 1. The van der Waals surface area contributed by atoms with E-state index in [1.54, 1.807) is 13.0 Å². The first kappa shape index (κ1) is 16.0. The van der Waals surface area contributed by atoms with Crippen LogP contribution in [0.5, 0.6) is 5.75 Å². The van der Waals surface area contributed by atoms with E-state index < -0.39 is 11.9 Å². The van der Waals surface area contributed by atoms with Crippen molar-refractivity contribution in [3.63, 3.8) is 0 Å². The summed E-state index contributed by atoms with van der Waals surface area (Å²) in [5, 5.41) is 17.9. The summed E-state index contributed by atoms with van der Waals surface area (Å²) in [6, 6.07) is 7.49. The van der Waals surface area contributed by atoms with E-state index in [0.717, 1.165) is 12.1 Å². The van der Waals surface area contributed by atoms with Crippen molar-refractivity contribution in [2.45, 2.75) is 20.4 Å². The Hall–Kier alpha value is -2.06. The number of ether oxygens (including phenoxy) is 1. The first-order chi connectivity index (χ1) is 9.51. The Kier molecular flexibility index (Phi) is 6.01. The van der Waals surface area contributed by atoms with Gasteiger partial charge in [0.1, 0.15) is 11.8 Å². The van der Waals surface area contributed by atoms with Crippen LogP contribution in [-0.4, -0.2) is 36.2 Å². The van der Waals surface area contributed by atoms with Gasteiger partial charge in [-0.1, -0.05) is 19.9 Å². The van der Waals surface area contributed by atoms with E-state index >= 15 is 0 Å². The zero-order valence-electron chi connectivity index (χ0n) is 12.1. The normalized spacial score (nSPS) is 11.9. The molecular formula is C15H20N2O3. The molecule has 5 nitrogen and oxygen atoms in total. The number of carboxylic acid groups (broad SMARTS) is 1. The van der Waals surface area contributed by atoms with Crippen LogP contribution in [0.1, 0.15) is 25.0 Å². The molecule has 0 fully saturated rings. The number of carboxylic acids is 1. The first-order valence-corrected chi connectivity index (χ1v) is 6.54. The Morgan fingerprint density at radius 1 is 1.55 bits per heavy atom. The number of aliphatic carboxylic acids is 1. The lowest BCUT2D eigenvalue weighted by Gasteiger charge is -2.22. The molecule has 1 unspecified atom stereocenters. The number of nitriles is 1. The number of methoxy groups -OCH3 is 1. The summed E-state index contributed by atoms with van der Waals surface area (Å²) in [7, 11) is 1.53. The molecule has 0 aromatic heterocycles. The minimum Gasteiger partial charge on any atom is -0.495 e. The third-order valence-electron chi connectivity index (χ3n) is 3.19. The summed E-state index contributed by atoms with van der Waals surface area (Å²) in [5.74, 6) is -0.650. The van der Waals surface area contributed by atoms with Crippen molar-refractivity contribution >= 4 is 5.97 Å². The Balaban J connectivity index is 2.80. The molecule has 5 heteroatoms. The van der Waals surface area contributed by atoms with Gasteiger partial charge in [0.2, 0.25) is 0 Å². The Bertz CT molecular complexity index is 508. The van der Waals surface area contributed by atoms with E-state index in [4.69, 9.17) is 15.1 Å². The molecule has 1 N–H and O–H groups in total. The highest BCUT2D eigenvalue weighted by molar-refractivity contribution is 5.69. The Morgan fingerprint density at radius 2 is 2.25 bits per heavy atom. The molecule has 0 bridgehead atoms. The number of hydrogen-bond acceptors (Lipinski definition) is 4. The predicted octanol–water partition coefficient (Wildman–Crippen LogP) is 2.11. The standard InChI is InChI=1S/C15H20N2O3/c1-4-17(9-11(2)15(18)19)10-12-5-6-13(8-16)14(7-12)20-3/h5-7,11H,4,9-10H2,1-3H3,(H,18,19). The smallest absolute Gasteiger partial charge is 0.307 e. The molecule has 0 aliphatic rings. The second kappa shape index (κ2) is 7.51. The average Bonchev–Trinajstić information content (AvgIpc) is 2.45. The molecule has 0 radical (unpaired) electrons. The lowest BCUT2D eigenvalue weighted by Crippen LogP contribution is -2.31. The molecule has 108 valence electrons. The minimum atomic E-state index is -0.791. The molecule has 0 spiro atoms. The van der Waals surface area contributed by atoms with Crippen molar-refractivity contribution in [2.75, 3.05) is 20.2 Å². The van der Waals surface area contributed by atoms with Gasteiger partial charge in [-0.3, -0.25) is 9.69 Å². The van der Waals surface area contributed by atoms with Gasteiger partial charge in [0.05, 0.1) is 18.6 Å². The fraction of sp³-hybridized carbons (Fsp3) is 0.467. The minimum absolute atomic E-state index is 0.407. The zero-order valence-corrected chi connectivity index (χ0v) is 12.1. The molecule has 0 aliphatic carbocycles. The predicted molar refractivity (Wildman–Crippen MR) is 75.5 cm³/mol. The van der Waals surface area contributed by atoms with Crippen molar-refractivity contribution in [3.8, 4) is 11.8 Å². The summed E-state index contributed by atoms with van der Waals surface area (Å²) >= 11 is 0. The summed E-state index contributed by atoms with van der Waals surface area (Å²) in [5.41, 5.74) is 1.50. The molecule has 1 aromatic carbocycles. The summed E-state index contributed by atoms with van der Waals surface area (Å²) in [6.07, 6.45) is 0. The highest BCUT2D eigenvalue weighted by atomic mass is 16.5. The van der Waals surface area contributed by atoms with E-state index in [1.165, 1.54) is 7.11 Å². The van der Waals surface area contributed by atoms with Gasteiger partial charge in [-0.2, -0.15) is 5.26 Å². The number of rotatable bonds is 7. The summed E-state index contributed by atoms with van der Waals surface area (Å²) in [4.78, 5) is 13.0. The molecule has 0 amide bonds. The largest absolute Gasteiger partial charge is 0.495 e. The Morgan fingerprint density at radius 3 is 2.75 bits per heavy atom. The highest BCUT2D eigenvalue weighted by Gasteiger charge is 2.15. The SMILES string of the molecule is CCN(Cc1ccc(C#N)c(OC)c1)CC(C)C(=O)O. The van der Waals surface area contributed by atoms with Gasteiger partial charge in [-0.25, -0.2) is 0 Å². The first-order valence-electron chi connectivity index (χ1n) is 6.54. The molecule has 0 saturated heterocycles. The van der Waals surface area contributed by atoms with Crippen LogP contribution in [0.25, 0.3) is 0 Å². The molecular weight excluding hydrogens is 256 g/mol. The van der Waals surface area contributed by atoms with Crippen LogP contribution < -0.4 is 4.74 Å². The lowest BCUT2D eigenvalue weighted by atomic mass is 10.1. The van der Waals surface area contributed by atoms with Crippen molar-refractivity contribution in [3.05, 3.63) is 29.3 Å². The maximum absolute atomic E-state index is 10.9. The average molecular weight is 276 g/mol. The van der Waals surface area contributed by atoms with Crippen molar-refractivity contribution in [2.24, 2.45) is 5.92 Å². The van der Waals surface area contributed by atoms with Gasteiger partial charge >= 0.3 is 5.97 Å². The maximum atomic E-state index is 10.9. The van der Waals surface area contributed by atoms with Gasteiger partial charge in [-0.15, -0.1) is 0 Å². The molecule has 0 saturated carbocycles. The van der Waals surface area contributed by atoms with Crippen LogP contribution >= 0.6 is 0 Å². The number of carbonyl (C=O) groups is 1. The second-order valence-electron chi connectivity index (χ2n) is 4.71. The van der Waals surface area contributed by atoms with E-state index in [-0.39, 0.29) is 0 Å². The number of hydrogen-bond donors (Lipinski definition) is 1. The second-order valence-corrected chi connectivity index (χ2v) is 4.71. The van der Waals surface area contributed by atoms with Gasteiger partial charge in [-0.05, 0) is 24.2 Å². The van der Waals surface area contributed by atoms with Crippen molar-refractivity contribution in [1.29, 1.82) is 5.26 Å². The maximum Gasteiger partial charge on any atom is 0.307 e. The fourth-order valence-electron chi connectivity index (χ4n) is 1.96. The molecule has 1 atom stereocenters. The molecule has 20 heavy (non-hydrogen) atoms. The summed E-state index contributed by atoms with van der Waals surface area (Å²) in [6.45, 7) is 5.59. The topological polar surface area (TPSA) is 73.6 Å². The third-order valence-corrected chi connectivity index (χ3v) is 3.19. The third kappa shape index (κ3) is 4.25. The van der Waals surface area contributed by atoms with Crippen LogP contribution in [0, 0.1) is 17.2 Å². The van der Waals surface area contributed by atoms with E-state index in [2.05, 4.69) is 11.0 Å². The fourth-order valence-corrected chi connectivity index (χ4v) is 1.96. The molecule has 0 aliphatic heterocycles. The quantitative estimate of drug-likeness (QED) is 0.825.